The Hall–Kier alpha value is -1.82. The number of hydrogen-bond donors (Lipinski definition) is 5. The molecule has 19 heteroatoms. The fourth-order valence-corrected chi connectivity index (χ4v) is 12.3. The summed E-state index contributed by atoms with van der Waals surface area (Å²) in [6.45, 7) is 16.0. The first-order valence-corrected chi connectivity index (χ1v) is 24.4. The zero-order chi connectivity index (χ0) is 53.7. The molecule has 0 amide bonds. The topological polar surface area (TPSA) is 118 Å². The van der Waals surface area contributed by atoms with Crippen LogP contribution in [0.4, 0.5) is 52.7 Å². The van der Waals surface area contributed by atoms with Gasteiger partial charge in [0.15, 0.2) is 0 Å². The number of halogens is 12. The molecule has 4 aliphatic carbocycles. The van der Waals surface area contributed by atoms with Gasteiger partial charge in [0.05, 0.1) is 18.6 Å². The van der Waals surface area contributed by atoms with Crippen LogP contribution in [0.25, 0.3) is 0 Å². The largest absolute Gasteiger partial charge is 0.438 e. The summed E-state index contributed by atoms with van der Waals surface area (Å²) in [6, 6.07) is 0. The van der Waals surface area contributed by atoms with Crippen LogP contribution in [-0.2, 0) is 4.79 Å². The van der Waals surface area contributed by atoms with Crippen molar-refractivity contribution in [2.75, 3.05) is 6.66 Å². The van der Waals surface area contributed by atoms with Crippen LogP contribution in [0.2, 0.25) is 0 Å². The maximum Gasteiger partial charge on any atom is 0.438 e. The first-order chi connectivity index (χ1) is 31.0. The Bertz CT molecular complexity index is 1790. The lowest BCUT2D eigenvalue weighted by molar-refractivity contribution is -0.344. The van der Waals surface area contributed by atoms with E-state index < -0.39 is 69.5 Å². The van der Waals surface area contributed by atoms with Crippen LogP contribution in [0.15, 0.2) is 0 Å². The van der Waals surface area contributed by atoms with Gasteiger partial charge in [-0.25, -0.2) is 0 Å². The molecule has 0 bridgehead atoms. The van der Waals surface area contributed by atoms with E-state index in [-0.39, 0.29) is 47.7 Å². The molecule has 0 heterocycles. The van der Waals surface area contributed by atoms with Crippen molar-refractivity contribution in [2.45, 2.75) is 224 Å². The summed E-state index contributed by atoms with van der Waals surface area (Å²) >= 11 is 0. The van der Waals surface area contributed by atoms with Crippen molar-refractivity contribution in [1.29, 1.82) is 1.28 Å². The molecule has 10 atom stereocenters. The van der Waals surface area contributed by atoms with Gasteiger partial charge in [-0.2, -0.15) is 52.7 Å². The number of rotatable bonds is 12. The van der Waals surface area contributed by atoms with E-state index in [0.29, 0.717) is 86.2 Å². The minimum Gasteiger partial charge on any atom is -0.393 e. The Morgan fingerprint density at radius 3 is 1.35 bits per heavy atom. The first kappa shape index (κ1) is 60.5. The maximum atomic E-state index is 13.1. The Labute approximate surface area is 398 Å². The third-order valence-electron chi connectivity index (χ3n) is 15.9. The molecule has 0 spiro atoms. The second-order valence-corrected chi connectivity index (χ2v) is 22.2. The van der Waals surface area contributed by atoms with Gasteiger partial charge in [-0.1, -0.05) is 65.5 Å². The predicted molar refractivity (Wildman–Crippen MR) is 238 cm³/mol. The first-order valence-electron chi connectivity index (χ1n) is 23.9. The molecule has 68 heavy (non-hydrogen) atoms. The quantitative estimate of drug-likeness (QED) is 0.0755. The van der Waals surface area contributed by atoms with Gasteiger partial charge in [-0.15, -0.1) is 9.18 Å². The van der Waals surface area contributed by atoms with Gasteiger partial charge in [-0.3, -0.25) is 4.79 Å². The number of ketones is 1. The Morgan fingerprint density at radius 1 is 0.603 bits per heavy atom. The highest BCUT2D eigenvalue weighted by molar-refractivity contribution is 7.15. The summed E-state index contributed by atoms with van der Waals surface area (Å²) in [5.74, 6) is 6.15. The molecule has 0 aromatic carbocycles. The average molecular weight is 1020 g/mol. The van der Waals surface area contributed by atoms with Crippen LogP contribution in [0.5, 0.6) is 0 Å². The highest BCUT2D eigenvalue weighted by atomic mass is 31.0. The second kappa shape index (κ2) is 22.1. The summed E-state index contributed by atoms with van der Waals surface area (Å²) in [7, 11) is 0.333. The fraction of sp³-hybridized carbons (Fsp3) is 0.898. The smallest absolute Gasteiger partial charge is 0.393 e. The molecule has 4 saturated carbocycles. The molecule has 0 radical (unpaired) electrons. The second-order valence-electron chi connectivity index (χ2n) is 22.2. The lowest BCUT2D eigenvalue weighted by atomic mass is 9.56. The standard InChI is InChI=1S/C24H36F6O3.C24H34F6O3.CH5P/c2*1-19(2,32)11-6-12-20(3,13-7-15-22(33,23(25,26)27)24(28,29)30)18-10-9-16-17(31)8-5-14-21(16,18)4;1-2/h16-18,31-33H,5-6,8-14H2,1-4H3;16,18,32-33H,5-6,8-14H2,1-4H3;2H2,1H3/t16?,17-,18+,20?,21-;16?,18-,20?,21+;/m01./s1/i;;2D. The molecule has 4 aliphatic rings. The van der Waals surface area contributed by atoms with Gasteiger partial charge in [0, 0.05) is 25.2 Å². The van der Waals surface area contributed by atoms with Crippen LogP contribution in [0.1, 0.15) is 171 Å². The van der Waals surface area contributed by atoms with Crippen LogP contribution in [0, 0.1) is 69.0 Å². The van der Waals surface area contributed by atoms with Gasteiger partial charge in [0.25, 0.3) is 0 Å². The predicted octanol–water partition coefficient (Wildman–Crippen LogP) is 12.2. The Morgan fingerprint density at radius 2 is 0.971 bits per heavy atom. The molecular weight excluding hydrogens is 943 g/mol. The number of alkyl halides is 12. The molecule has 0 aromatic rings. The van der Waals surface area contributed by atoms with Gasteiger partial charge in [0.1, 0.15) is 5.78 Å². The molecule has 5 unspecified atom stereocenters. The summed E-state index contributed by atoms with van der Waals surface area (Å²) < 4.78 is 163. The molecule has 396 valence electrons. The summed E-state index contributed by atoms with van der Waals surface area (Å²) in [5, 5.41) is 49.5. The van der Waals surface area contributed by atoms with Gasteiger partial charge in [0.2, 0.25) is 0 Å². The number of carbonyl (C=O) groups excluding carboxylic acids is 1. The number of aliphatic hydroxyl groups excluding tert-OH is 1. The molecule has 4 rings (SSSR count). The van der Waals surface area contributed by atoms with Gasteiger partial charge >= 0.3 is 35.9 Å². The Balaban J connectivity index is 0.000000448. The molecule has 4 fully saturated rings. The zero-order valence-electron chi connectivity index (χ0n) is 41.8. The van der Waals surface area contributed by atoms with Crippen molar-refractivity contribution < 1.29 is 83.0 Å². The van der Waals surface area contributed by atoms with Crippen molar-refractivity contribution in [3.8, 4) is 23.7 Å². The zero-order valence-corrected chi connectivity index (χ0v) is 41.8. The van der Waals surface area contributed by atoms with E-state index in [1.54, 1.807) is 34.6 Å². The van der Waals surface area contributed by atoms with E-state index in [2.05, 4.69) is 12.8 Å². The Kier molecular flexibility index (Phi) is 19.7. The normalized spacial score (nSPS) is 29.4. The van der Waals surface area contributed by atoms with E-state index in [1.807, 2.05) is 26.4 Å². The van der Waals surface area contributed by atoms with E-state index in [9.17, 15) is 83.0 Å². The van der Waals surface area contributed by atoms with E-state index >= 15 is 0 Å². The number of carbonyl (C=O) groups is 1. The molecule has 6 nitrogen and oxygen atoms in total. The van der Waals surface area contributed by atoms with E-state index in [1.165, 1.54) is 0 Å². The number of Topliss-reactive ketones (excluding diaryl/α,β-unsaturated/α-hetero) is 1. The third-order valence-corrected chi connectivity index (χ3v) is 15.9. The number of hydrogen-bond acceptors (Lipinski definition) is 6. The lowest BCUT2D eigenvalue weighted by Gasteiger charge is -2.49. The SMILES string of the molecule is CC(C)(O)CCCC(C)(CC#CC(O)(C(F)(F)F)C(F)(F)F)[C@H]1CCC2C(=O)CCC[C@@]21C.CC(C)(O)CCCC(C)(CC#CC(O)(C(F)(F)F)C(F)(F)F)[C@H]1CCC2[C@@H](O)CCC[C@@]21C.[2H]PC. The molecule has 0 saturated heterocycles. The number of fused-ring (bicyclic) bond motifs is 2. The van der Waals surface area contributed by atoms with Gasteiger partial charge in [-0.05, 0) is 156 Å². The lowest BCUT2D eigenvalue weighted by Crippen LogP contribution is -2.55. The summed E-state index contributed by atoms with van der Waals surface area (Å²) in [5.41, 5.74) is -14.3. The van der Waals surface area contributed by atoms with E-state index in [4.69, 9.17) is 1.28 Å². The van der Waals surface area contributed by atoms with Crippen LogP contribution < -0.4 is 0 Å². The van der Waals surface area contributed by atoms with Crippen LogP contribution in [-0.4, -0.2) is 92.5 Å². The molecule has 0 aromatic heterocycles. The monoisotopic (exact) mass is 1020 g/mol. The third kappa shape index (κ3) is 14.2. The highest BCUT2D eigenvalue weighted by Gasteiger charge is 2.71. The molecular formula is C49H75F12O6P. The summed E-state index contributed by atoms with van der Waals surface area (Å²) in [6.07, 6.45) is -15.3. The van der Waals surface area contributed by atoms with Crippen molar-refractivity contribution in [3.63, 3.8) is 0 Å². The highest BCUT2D eigenvalue weighted by Crippen LogP contribution is 2.63. The summed E-state index contributed by atoms with van der Waals surface area (Å²) in [4.78, 5) is 12.5. The van der Waals surface area contributed by atoms with Crippen LogP contribution >= 0.6 is 9.18 Å². The average Bonchev–Trinajstić information content (AvgIpc) is 3.71. The maximum absolute atomic E-state index is 13.1. The van der Waals surface area contributed by atoms with Crippen molar-refractivity contribution >= 4 is 15.0 Å². The number of aliphatic hydroxyl groups is 5. The minimum absolute atomic E-state index is 0.0279. The minimum atomic E-state index is -5.99. The van der Waals surface area contributed by atoms with Crippen molar-refractivity contribution in [3.05, 3.63) is 0 Å². The van der Waals surface area contributed by atoms with Gasteiger partial charge < -0.3 is 25.5 Å². The van der Waals surface area contributed by atoms with Crippen molar-refractivity contribution in [1.82, 2.24) is 0 Å². The fourth-order valence-electron chi connectivity index (χ4n) is 12.3. The van der Waals surface area contributed by atoms with Crippen LogP contribution in [0.3, 0.4) is 0 Å². The van der Waals surface area contributed by atoms with E-state index in [0.717, 1.165) is 37.5 Å². The van der Waals surface area contributed by atoms with Crippen molar-refractivity contribution in [2.24, 2.45) is 45.3 Å². The molecule has 5 N–H and O–H groups in total. The molecule has 0 aliphatic heterocycles.